The first-order chi connectivity index (χ1) is 13.2. The number of methoxy groups -OCH3 is 1. The molecule has 3 heterocycles. The van der Waals surface area contributed by atoms with E-state index in [0.29, 0.717) is 17.0 Å². The molecule has 142 valence electrons. The van der Waals surface area contributed by atoms with Gasteiger partial charge in [0, 0.05) is 32.2 Å². The lowest BCUT2D eigenvalue weighted by Gasteiger charge is -2.39. The minimum absolute atomic E-state index is 0.0286. The second-order valence-electron chi connectivity index (χ2n) is 7.70. The van der Waals surface area contributed by atoms with Crippen molar-refractivity contribution in [3.63, 3.8) is 0 Å². The fraction of sp³-hybridized carbons (Fsp3) is 0.476. The quantitative estimate of drug-likeness (QED) is 0.832. The SMILES string of the molecule is COc1ccc(C(=O)N2CCC3(CCN(Cc4ccccc4)C3)CC2)nn1. The fourth-order valence-corrected chi connectivity index (χ4v) is 4.30. The van der Waals surface area contributed by atoms with Crippen LogP contribution in [0.3, 0.4) is 0 Å². The molecule has 2 aliphatic heterocycles. The number of rotatable bonds is 4. The van der Waals surface area contributed by atoms with Crippen molar-refractivity contribution in [1.82, 2.24) is 20.0 Å². The molecule has 2 aromatic rings. The van der Waals surface area contributed by atoms with Crippen LogP contribution in [0.1, 0.15) is 35.3 Å². The average Bonchev–Trinajstić information content (AvgIpc) is 3.11. The van der Waals surface area contributed by atoms with Crippen LogP contribution in [-0.2, 0) is 6.54 Å². The Morgan fingerprint density at radius 3 is 2.44 bits per heavy atom. The molecule has 1 aromatic heterocycles. The number of ether oxygens (including phenoxy) is 1. The highest BCUT2D eigenvalue weighted by Crippen LogP contribution is 2.41. The first-order valence-corrected chi connectivity index (χ1v) is 9.61. The van der Waals surface area contributed by atoms with Crippen LogP contribution < -0.4 is 4.74 Å². The molecule has 0 radical (unpaired) electrons. The maximum atomic E-state index is 12.7. The number of hydrogen-bond donors (Lipinski definition) is 0. The summed E-state index contributed by atoms with van der Waals surface area (Å²) >= 11 is 0. The van der Waals surface area contributed by atoms with Gasteiger partial charge in [0.1, 0.15) is 0 Å². The van der Waals surface area contributed by atoms with E-state index in [1.807, 2.05) is 4.90 Å². The minimum Gasteiger partial charge on any atom is -0.480 e. The lowest BCUT2D eigenvalue weighted by atomic mass is 9.77. The molecule has 1 spiro atoms. The standard InChI is InChI=1S/C21H26N4O2/c1-27-19-8-7-18(22-23-19)20(26)25-13-10-21(11-14-25)9-12-24(16-21)15-17-5-3-2-4-6-17/h2-8H,9-16H2,1H3. The van der Waals surface area contributed by atoms with E-state index in [1.165, 1.54) is 19.1 Å². The Balaban J connectivity index is 1.32. The van der Waals surface area contributed by atoms with Crippen LogP contribution in [-0.4, -0.2) is 59.2 Å². The maximum absolute atomic E-state index is 12.7. The molecule has 1 amide bonds. The fourth-order valence-electron chi connectivity index (χ4n) is 4.30. The van der Waals surface area contributed by atoms with Crippen molar-refractivity contribution in [3.05, 3.63) is 53.7 Å². The summed E-state index contributed by atoms with van der Waals surface area (Å²) in [7, 11) is 1.54. The summed E-state index contributed by atoms with van der Waals surface area (Å²) in [6, 6.07) is 14.0. The van der Waals surface area contributed by atoms with Gasteiger partial charge in [0.2, 0.25) is 5.88 Å². The summed E-state index contributed by atoms with van der Waals surface area (Å²) in [6.45, 7) is 4.89. The van der Waals surface area contributed by atoms with Gasteiger partial charge in [-0.05, 0) is 42.9 Å². The third-order valence-corrected chi connectivity index (χ3v) is 5.95. The summed E-state index contributed by atoms with van der Waals surface area (Å²) < 4.78 is 5.01. The molecule has 1 aromatic carbocycles. The van der Waals surface area contributed by atoms with Crippen molar-refractivity contribution in [1.29, 1.82) is 0 Å². The minimum atomic E-state index is -0.0286. The summed E-state index contributed by atoms with van der Waals surface area (Å²) in [4.78, 5) is 17.2. The number of aromatic nitrogens is 2. The number of likely N-dealkylation sites (tertiary alicyclic amines) is 2. The zero-order valence-electron chi connectivity index (χ0n) is 15.8. The van der Waals surface area contributed by atoms with Gasteiger partial charge in [-0.1, -0.05) is 30.3 Å². The Hall–Kier alpha value is -2.47. The maximum Gasteiger partial charge on any atom is 0.274 e. The van der Waals surface area contributed by atoms with Crippen molar-refractivity contribution in [2.75, 3.05) is 33.3 Å². The van der Waals surface area contributed by atoms with E-state index in [4.69, 9.17) is 4.74 Å². The third kappa shape index (κ3) is 3.95. The van der Waals surface area contributed by atoms with Gasteiger partial charge in [0.25, 0.3) is 5.91 Å². The number of hydrogen-bond acceptors (Lipinski definition) is 5. The van der Waals surface area contributed by atoms with Gasteiger partial charge in [-0.2, -0.15) is 0 Å². The summed E-state index contributed by atoms with van der Waals surface area (Å²) in [5, 5.41) is 7.91. The third-order valence-electron chi connectivity index (χ3n) is 5.95. The summed E-state index contributed by atoms with van der Waals surface area (Å²) in [5.41, 5.74) is 2.13. The Bertz CT molecular complexity index is 771. The Labute approximate surface area is 160 Å². The molecule has 0 bridgehead atoms. The first-order valence-electron chi connectivity index (χ1n) is 9.61. The molecule has 0 saturated carbocycles. The number of nitrogens with zero attached hydrogens (tertiary/aromatic N) is 4. The van der Waals surface area contributed by atoms with Crippen molar-refractivity contribution >= 4 is 5.91 Å². The van der Waals surface area contributed by atoms with Crippen LogP contribution in [0, 0.1) is 5.41 Å². The molecule has 6 nitrogen and oxygen atoms in total. The van der Waals surface area contributed by atoms with Crippen LogP contribution in [0.25, 0.3) is 0 Å². The van der Waals surface area contributed by atoms with Gasteiger partial charge in [-0.25, -0.2) is 0 Å². The van der Waals surface area contributed by atoms with Crippen molar-refractivity contribution in [3.8, 4) is 5.88 Å². The predicted molar refractivity (Wildman–Crippen MR) is 102 cm³/mol. The smallest absolute Gasteiger partial charge is 0.274 e. The second-order valence-corrected chi connectivity index (χ2v) is 7.70. The first kappa shape index (κ1) is 17.9. The van der Waals surface area contributed by atoms with Gasteiger partial charge in [0.15, 0.2) is 5.69 Å². The molecule has 27 heavy (non-hydrogen) atoms. The number of amides is 1. The van der Waals surface area contributed by atoms with Gasteiger partial charge in [-0.15, -0.1) is 10.2 Å². The summed E-state index contributed by atoms with van der Waals surface area (Å²) in [6.07, 6.45) is 3.35. The molecule has 0 unspecified atom stereocenters. The molecule has 2 fully saturated rings. The number of benzene rings is 1. The van der Waals surface area contributed by atoms with Crippen molar-refractivity contribution in [2.45, 2.75) is 25.8 Å². The van der Waals surface area contributed by atoms with Crippen LogP contribution in [0.5, 0.6) is 5.88 Å². The molecule has 2 saturated heterocycles. The Kier molecular flexibility index (Phi) is 5.07. The zero-order chi connectivity index (χ0) is 18.7. The second kappa shape index (κ2) is 7.64. The topological polar surface area (TPSA) is 58.6 Å². The number of carbonyl (C=O) groups excluding carboxylic acids is 1. The highest BCUT2D eigenvalue weighted by atomic mass is 16.5. The van der Waals surface area contributed by atoms with E-state index >= 15 is 0 Å². The van der Waals surface area contributed by atoms with E-state index < -0.39 is 0 Å². The molecule has 0 atom stereocenters. The largest absolute Gasteiger partial charge is 0.480 e. The van der Waals surface area contributed by atoms with E-state index in [2.05, 4.69) is 45.4 Å². The van der Waals surface area contributed by atoms with Gasteiger partial charge in [0.05, 0.1) is 7.11 Å². The van der Waals surface area contributed by atoms with E-state index in [-0.39, 0.29) is 5.91 Å². The Morgan fingerprint density at radius 2 is 1.78 bits per heavy atom. The van der Waals surface area contributed by atoms with Gasteiger partial charge in [-0.3, -0.25) is 9.69 Å². The van der Waals surface area contributed by atoms with Crippen molar-refractivity contribution in [2.24, 2.45) is 5.41 Å². The summed E-state index contributed by atoms with van der Waals surface area (Å²) in [5.74, 6) is 0.396. The van der Waals surface area contributed by atoms with Crippen LogP contribution in [0.15, 0.2) is 42.5 Å². The predicted octanol–water partition coefficient (Wildman–Crippen LogP) is 2.61. The molecular formula is C21H26N4O2. The normalized spacial score (nSPS) is 19.4. The van der Waals surface area contributed by atoms with Crippen molar-refractivity contribution < 1.29 is 9.53 Å². The molecule has 2 aliphatic rings. The lowest BCUT2D eigenvalue weighted by molar-refractivity contribution is 0.0581. The monoisotopic (exact) mass is 366 g/mol. The number of piperidine rings is 1. The molecule has 0 N–H and O–H groups in total. The molecule has 0 aliphatic carbocycles. The van der Waals surface area contributed by atoms with E-state index in [1.54, 1.807) is 12.1 Å². The number of carbonyl (C=O) groups is 1. The lowest BCUT2D eigenvalue weighted by Crippen LogP contribution is -2.44. The van der Waals surface area contributed by atoms with Crippen LogP contribution in [0.4, 0.5) is 0 Å². The molecular weight excluding hydrogens is 340 g/mol. The van der Waals surface area contributed by atoms with Crippen LogP contribution >= 0.6 is 0 Å². The van der Waals surface area contributed by atoms with E-state index in [9.17, 15) is 4.79 Å². The Morgan fingerprint density at radius 1 is 1.04 bits per heavy atom. The highest BCUT2D eigenvalue weighted by molar-refractivity contribution is 5.92. The van der Waals surface area contributed by atoms with Crippen LogP contribution in [0.2, 0.25) is 0 Å². The molecule has 6 heteroatoms. The molecule has 4 rings (SSSR count). The van der Waals surface area contributed by atoms with Gasteiger partial charge < -0.3 is 9.64 Å². The zero-order valence-corrected chi connectivity index (χ0v) is 15.8. The highest BCUT2D eigenvalue weighted by Gasteiger charge is 2.41. The van der Waals surface area contributed by atoms with E-state index in [0.717, 1.165) is 45.6 Å². The van der Waals surface area contributed by atoms with Gasteiger partial charge >= 0.3 is 0 Å². The average molecular weight is 366 g/mol.